The van der Waals surface area contributed by atoms with Crippen LogP contribution in [-0.2, 0) is 14.3 Å². The largest absolute Gasteiger partial charge is 0.499 e. The van der Waals surface area contributed by atoms with Crippen LogP contribution >= 0.6 is 0 Å². The molecule has 57 heavy (non-hydrogen) atoms. The van der Waals surface area contributed by atoms with Gasteiger partial charge < -0.3 is 9.47 Å². The number of rotatable bonds is 46. The van der Waals surface area contributed by atoms with Crippen molar-refractivity contribution >= 4 is 6.47 Å². The third-order valence-electron chi connectivity index (χ3n) is 10.7. The lowest BCUT2D eigenvalue weighted by Crippen LogP contribution is -2.12. The van der Waals surface area contributed by atoms with E-state index in [2.05, 4.69) is 93.3 Å². The Labute approximate surface area is 356 Å². The molecule has 0 amide bonds. The van der Waals surface area contributed by atoms with E-state index in [9.17, 15) is 4.79 Å². The molecule has 0 radical (unpaired) electrons. The van der Waals surface area contributed by atoms with Crippen LogP contribution in [0.5, 0.6) is 0 Å². The number of ether oxygens (including phenoxy) is 2. The first-order valence-electron chi connectivity index (χ1n) is 24.5. The van der Waals surface area contributed by atoms with Crippen LogP contribution in [0.1, 0.15) is 239 Å². The maximum Gasteiger partial charge on any atom is 0.293 e. The van der Waals surface area contributed by atoms with Gasteiger partial charge in [0.15, 0.2) is 0 Å². The molecular formula is C54H94O3. The van der Waals surface area contributed by atoms with Gasteiger partial charge in [-0.25, -0.2) is 0 Å². The molecule has 1 atom stereocenters. The van der Waals surface area contributed by atoms with Crippen LogP contribution in [0.15, 0.2) is 85.3 Å². The molecule has 0 saturated heterocycles. The molecule has 0 aliphatic rings. The maximum absolute atomic E-state index is 11.0. The Kier molecular flexibility index (Phi) is 47.4. The Morgan fingerprint density at radius 2 is 0.772 bits per heavy atom. The van der Waals surface area contributed by atoms with E-state index in [4.69, 9.17) is 9.47 Å². The number of carbonyl (C=O) groups excluding carboxylic acids is 1. The van der Waals surface area contributed by atoms with Crippen LogP contribution in [0.25, 0.3) is 0 Å². The lowest BCUT2D eigenvalue weighted by atomic mass is 10.0. The number of hydrogen-bond acceptors (Lipinski definition) is 3. The minimum absolute atomic E-state index is 0.118. The van der Waals surface area contributed by atoms with Crippen LogP contribution in [0, 0.1) is 0 Å². The van der Waals surface area contributed by atoms with E-state index < -0.39 is 0 Å². The van der Waals surface area contributed by atoms with Crippen molar-refractivity contribution in [3.05, 3.63) is 85.3 Å². The van der Waals surface area contributed by atoms with Crippen molar-refractivity contribution in [2.45, 2.75) is 245 Å². The van der Waals surface area contributed by atoms with Crippen molar-refractivity contribution < 1.29 is 14.3 Å². The summed E-state index contributed by atoms with van der Waals surface area (Å²) in [5.74, 6) is 0.953. The molecule has 0 aliphatic carbocycles. The summed E-state index contributed by atoms with van der Waals surface area (Å²) in [4.78, 5) is 11.0. The van der Waals surface area contributed by atoms with Crippen molar-refractivity contribution in [1.29, 1.82) is 0 Å². The van der Waals surface area contributed by atoms with Gasteiger partial charge in [0.1, 0.15) is 6.10 Å². The normalized spacial score (nSPS) is 12.8. The van der Waals surface area contributed by atoms with Crippen LogP contribution in [0.3, 0.4) is 0 Å². The van der Waals surface area contributed by atoms with Crippen LogP contribution in [0.2, 0.25) is 0 Å². The lowest BCUT2D eigenvalue weighted by Gasteiger charge is -2.15. The zero-order valence-electron chi connectivity index (χ0n) is 38.0. The summed E-state index contributed by atoms with van der Waals surface area (Å²) < 4.78 is 11.3. The molecule has 0 heterocycles. The zero-order valence-corrected chi connectivity index (χ0v) is 38.0. The predicted octanol–water partition coefficient (Wildman–Crippen LogP) is 18.1. The second kappa shape index (κ2) is 49.6. The summed E-state index contributed by atoms with van der Waals surface area (Å²) in [5, 5.41) is 0. The van der Waals surface area contributed by atoms with Gasteiger partial charge in [-0.15, -0.1) is 0 Å². The Morgan fingerprint density at radius 3 is 1.19 bits per heavy atom. The quantitative estimate of drug-likeness (QED) is 0.0267. The van der Waals surface area contributed by atoms with Crippen molar-refractivity contribution in [1.82, 2.24) is 0 Å². The molecule has 0 aromatic carbocycles. The van der Waals surface area contributed by atoms with Gasteiger partial charge in [0, 0.05) is 6.42 Å². The number of hydrogen-bond donors (Lipinski definition) is 0. The molecule has 1 unspecified atom stereocenters. The maximum atomic E-state index is 11.0. The topological polar surface area (TPSA) is 35.5 Å². The summed E-state index contributed by atoms with van der Waals surface area (Å²) in [6.07, 6.45) is 70.7. The van der Waals surface area contributed by atoms with Crippen molar-refractivity contribution in [2.24, 2.45) is 0 Å². The number of carbonyl (C=O) groups is 1. The van der Waals surface area contributed by atoms with Crippen molar-refractivity contribution in [3.8, 4) is 0 Å². The number of allylic oxidation sites excluding steroid dienone is 13. The lowest BCUT2D eigenvalue weighted by molar-refractivity contribution is -0.134. The fraction of sp³-hybridized carbons (Fsp3) is 0.722. The monoisotopic (exact) mass is 791 g/mol. The van der Waals surface area contributed by atoms with E-state index in [1.165, 1.54) is 161 Å². The van der Waals surface area contributed by atoms with Gasteiger partial charge in [-0.1, -0.05) is 183 Å². The third kappa shape index (κ3) is 47.7. The fourth-order valence-electron chi connectivity index (χ4n) is 6.99. The molecule has 3 heteroatoms. The first kappa shape index (κ1) is 54.5. The highest BCUT2D eigenvalue weighted by Crippen LogP contribution is 2.17. The van der Waals surface area contributed by atoms with E-state index in [0.29, 0.717) is 6.47 Å². The average molecular weight is 791 g/mol. The third-order valence-corrected chi connectivity index (χ3v) is 10.7. The summed E-state index contributed by atoms with van der Waals surface area (Å²) in [6, 6.07) is 0. The van der Waals surface area contributed by atoms with Crippen molar-refractivity contribution in [3.63, 3.8) is 0 Å². The molecular weight excluding hydrogens is 697 g/mol. The molecule has 3 nitrogen and oxygen atoms in total. The Hall–Kier alpha value is -2.55. The minimum atomic E-state index is 0.118. The van der Waals surface area contributed by atoms with Gasteiger partial charge >= 0.3 is 0 Å². The van der Waals surface area contributed by atoms with Crippen LogP contribution in [0.4, 0.5) is 0 Å². The summed E-state index contributed by atoms with van der Waals surface area (Å²) in [7, 11) is 0. The molecule has 0 aromatic heterocycles. The molecule has 0 aliphatic heterocycles. The smallest absolute Gasteiger partial charge is 0.293 e. The minimum Gasteiger partial charge on any atom is -0.499 e. The molecule has 0 bridgehead atoms. The van der Waals surface area contributed by atoms with E-state index in [1.807, 2.05) is 0 Å². The van der Waals surface area contributed by atoms with Gasteiger partial charge in [0.05, 0.1) is 12.4 Å². The molecule has 0 spiro atoms. The van der Waals surface area contributed by atoms with E-state index in [-0.39, 0.29) is 6.10 Å². The summed E-state index contributed by atoms with van der Waals surface area (Å²) >= 11 is 0. The molecule has 0 fully saturated rings. The average Bonchev–Trinajstić information content (AvgIpc) is 3.21. The Bertz CT molecular complexity index is 998. The summed E-state index contributed by atoms with van der Waals surface area (Å²) in [5.41, 5.74) is 0. The van der Waals surface area contributed by atoms with Gasteiger partial charge in [0.25, 0.3) is 6.47 Å². The molecule has 0 aromatic rings. The van der Waals surface area contributed by atoms with E-state index >= 15 is 0 Å². The second-order valence-corrected chi connectivity index (χ2v) is 16.3. The van der Waals surface area contributed by atoms with Gasteiger partial charge in [-0.05, 0) is 128 Å². The SMILES string of the molecule is C=C(CCCC/C=C\C/C=C\CCCCCCC)OCCCC/C=C\C/C=C\CCCCCCCCC(CCCCCCCC/C=C\C/C=C\CCCC)OC=O. The standard InChI is InChI=1S/C54H94O3/c1-4-6-8-10-12-14-16-18-21-25-29-33-37-41-45-49-54(57-52-55)50-46-42-38-34-30-26-22-20-23-27-31-35-39-43-47-51-56-53(3)48-44-40-36-32-28-24-19-17-15-13-11-9-7-5-2/h10,12,16-20,23,28,31-32,35,52,54H,3-9,11,13-15,21-22,24-27,29-30,33-34,36-51H2,1-2H3/b12-10-,18-16-,19-17-,23-20-,32-28-,35-31-. The molecule has 0 N–H and O–H groups in total. The molecule has 328 valence electrons. The first-order valence-corrected chi connectivity index (χ1v) is 24.5. The van der Waals surface area contributed by atoms with Gasteiger partial charge in [0.2, 0.25) is 0 Å². The highest BCUT2D eigenvalue weighted by Gasteiger charge is 2.09. The molecule has 0 saturated carbocycles. The van der Waals surface area contributed by atoms with Gasteiger partial charge in [-0.2, -0.15) is 0 Å². The molecule has 0 rings (SSSR count). The van der Waals surface area contributed by atoms with E-state index in [0.717, 1.165) is 76.6 Å². The Morgan fingerprint density at radius 1 is 0.421 bits per heavy atom. The van der Waals surface area contributed by atoms with Gasteiger partial charge in [-0.3, -0.25) is 4.79 Å². The zero-order chi connectivity index (χ0) is 41.2. The number of unbranched alkanes of at least 4 members (excludes halogenated alkanes) is 23. The summed E-state index contributed by atoms with van der Waals surface area (Å²) in [6.45, 7) is 10.1. The predicted molar refractivity (Wildman–Crippen MR) is 254 cm³/mol. The Balaban J connectivity index is 3.52. The first-order chi connectivity index (χ1) is 28.2. The van der Waals surface area contributed by atoms with Crippen LogP contribution < -0.4 is 0 Å². The van der Waals surface area contributed by atoms with E-state index in [1.54, 1.807) is 0 Å². The highest BCUT2D eigenvalue weighted by molar-refractivity contribution is 5.37. The van der Waals surface area contributed by atoms with Crippen molar-refractivity contribution in [2.75, 3.05) is 6.61 Å². The second-order valence-electron chi connectivity index (χ2n) is 16.3. The fourth-order valence-corrected chi connectivity index (χ4v) is 6.99. The van der Waals surface area contributed by atoms with Crippen LogP contribution in [-0.4, -0.2) is 19.2 Å². The highest BCUT2D eigenvalue weighted by atomic mass is 16.5.